The summed E-state index contributed by atoms with van der Waals surface area (Å²) < 4.78 is 26.3. The third-order valence-electron chi connectivity index (χ3n) is 2.36. The van der Waals surface area contributed by atoms with Gasteiger partial charge in [-0.3, -0.25) is 4.68 Å². The van der Waals surface area contributed by atoms with Crippen LogP contribution in [0.15, 0.2) is 12.4 Å². The van der Waals surface area contributed by atoms with E-state index in [1.807, 2.05) is 20.2 Å². The number of aromatic nitrogens is 2. The van der Waals surface area contributed by atoms with E-state index in [1.165, 1.54) is 7.05 Å². The van der Waals surface area contributed by atoms with Crippen LogP contribution in [0.2, 0.25) is 0 Å². The van der Waals surface area contributed by atoms with Crippen LogP contribution in [-0.4, -0.2) is 37.5 Å². The Labute approximate surface area is 96.1 Å². The summed E-state index contributed by atoms with van der Waals surface area (Å²) in [6.07, 6.45) is 3.68. The number of rotatable bonds is 6. The molecule has 92 valence electrons. The molecule has 1 unspecified atom stereocenters. The fourth-order valence-corrected chi connectivity index (χ4v) is 1.88. The predicted molar refractivity (Wildman–Crippen MR) is 62.5 cm³/mol. The first-order valence-electron chi connectivity index (χ1n) is 5.08. The summed E-state index contributed by atoms with van der Waals surface area (Å²) in [5.74, 6) is 0.0775. The van der Waals surface area contributed by atoms with Gasteiger partial charge in [-0.1, -0.05) is 0 Å². The fraction of sp³-hybridized carbons (Fsp3) is 0.667. The number of nitrogens with zero attached hydrogens (tertiary/aromatic N) is 2. The van der Waals surface area contributed by atoms with Crippen molar-refractivity contribution < 1.29 is 8.42 Å². The van der Waals surface area contributed by atoms with E-state index in [-0.39, 0.29) is 11.8 Å². The smallest absolute Gasteiger partial charge is 0.212 e. The molecule has 1 aromatic rings. The molecule has 0 saturated carbocycles. The van der Waals surface area contributed by atoms with E-state index in [2.05, 4.69) is 15.1 Å². The van der Waals surface area contributed by atoms with Crippen LogP contribution in [0.25, 0.3) is 0 Å². The maximum absolute atomic E-state index is 11.2. The Kier molecular flexibility index (Phi) is 4.45. The molecule has 1 heterocycles. The van der Waals surface area contributed by atoms with Crippen LogP contribution in [0, 0.1) is 0 Å². The lowest BCUT2D eigenvalue weighted by Crippen LogP contribution is -2.30. The molecule has 0 spiro atoms. The Morgan fingerprint density at radius 3 is 2.75 bits per heavy atom. The highest BCUT2D eigenvalue weighted by atomic mass is 32.2. The summed E-state index contributed by atoms with van der Waals surface area (Å²) in [5, 5.41) is 7.19. The molecule has 0 aromatic carbocycles. The topological polar surface area (TPSA) is 76.0 Å². The Morgan fingerprint density at radius 2 is 2.25 bits per heavy atom. The first kappa shape index (κ1) is 13.1. The first-order chi connectivity index (χ1) is 7.44. The number of sulfonamides is 1. The monoisotopic (exact) mass is 246 g/mol. The summed E-state index contributed by atoms with van der Waals surface area (Å²) in [6, 6.07) is 0.0979. The molecule has 16 heavy (non-hydrogen) atoms. The van der Waals surface area contributed by atoms with Crippen molar-refractivity contribution in [3.8, 4) is 0 Å². The van der Waals surface area contributed by atoms with E-state index in [0.29, 0.717) is 6.54 Å². The Bertz CT molecular complexity index is 426. The highest BCUT2D eigenvalue weighted by molar-refractivity contribution is 7.89. The Hall–Kier alpha value is -0.920. The second-order valence-electron chi connectivity index (χ2n) is 3.65. The standard InChI is InChI=1S/C9H18N4O2S/c1-8(9-6-12-13(3)7-9)11-4-5-16(14,15)10-2/h6-8,10-11H,4-5H2,1-3H3. The molecule has 1 atom stereocenters. The van der Waals surface area contributed by atoms with E-state index in [9.17, 15) is 8.42 Å². The number of aryl methyl sites for hydroxylation is 1. The average Bonchev–Trinajstić information content (AvgIpc) is 2.64. The van der Waals surface area contributed by atoms with Gasteiger partial charge in [-0.2, -0.15) is 5.10 Å². The van der Waals surface area contributed by atoms with Crippen molar-refractivity contribution in [3.63, 3.8) is 0 Å². The molecule has 2 N–H and O–H groups in total. The maximum Gasteiger partial charge on any atom is 0.212 e. The molecule has 0 fully saturated rings. The summed E-state index contributed by atoms with van der Waals surface area (Å²) in [6.45, 7) is 2.39. The highest BCUT2D eigenvalue weighted by Gasteiger charge is 2.10. The van der Waals surface area contributed by atoms with Crippen LogP contribution < -0.4 is 10.0 Å². The number of nitrogens with one attached hydrogen (secondary N) is 2. The lowest BCUT2D eigenvalue weighted by atomic mass is 10.2. The molecule has 1 aromatic heterocycles. The molecule has 7 heteroatoms. The molecule has 0 bridgehead atoms. The third-order valence-corrected chi connectivity index (χ3v) is 3.72. The van der Waals surface area contributed by atoms with Crippen LogP contribution >= 0.6 is 0 Å². The van der Waals surface area contributed by atoms with E-state index < -0.39 is 10.0 Å². The van der Waals surface area contributed by atoms with Gasteiger partial charge in [0.1, 0.15) is 0 Å². The van der Waals surface area contributed by atoms with Gasteiger partial charge in [0.15, 0.2) is 0 Å². The normalized spacial score (nSPS) is 13.9. The molecule has 0 radical (unpaired) electrons. The van der Waals surface area contributed by atoms with E-state index in [4.69, 9.17) is 0 Å². The quantitative estimate of drug-likeness (QED) is 0.717. The maximum atomic E-state index is 11.2. The zero-order valence-electron chi connectivity index (χ0n) is 9.77. The van der Waals surface area contributed by atoms with Crippen LogP contribution in [-0.2, 0) is 17.1 Å². The summed E-state index contributed by atoms with van der Waals surface area (Å²) in [5.41, 5.74) is 1.05. The van der Waals surface area contributed by atoms with E-state index in [0.717, 1.165) is 5.56 Å². The minimum atomic E-state index is -3.13. The van der Waals surface area contributed by atoms with Gasteiger partial charge in [0.05, 0.1) is 11.9 Å². The SMILES string of the molecule is CNS(=O)(=O)CCNC(C)c1cnn(C)c1. The van der Waals surface area contributed by atoms with E-state index in [1.54, 1.807) is 10.9 Å². The van der Waals surface area contributed by atoms with Gasteiger partial charge in [0.2, 0.25) is 10.0 Å². The van der Waals surface area contributed by atoms with Gasteiger partial charge in [-0.25, -0.2) is 13.1 Å². The van der Waals surface area contributed by atoms with Gasteiger partial charge >= 0.3 is 0 Å². The van der Waals surface area contributed by atoms with Gasteiger partial charge in [-0.05, 0) is 14.0 Å². The molecule has 1 rings (SSSR count). The lowest BCUT2D eigenvalue weighted by Gasteiger charge is -2.11. The fourth-order valence-electron chi connectivity index (χ4n) is 1.29. The largest absolute Gasteiger partial charge is 0.309 e. The predicted octanol–water partition coefficient (Wildman–Crippen LogP) is -0.380. The zero-order chi connectivity index (χ0) is 12.2. The number of hydrogen-bond donors (Lipinski definition) is 2. The van der Waals surface area contributed by atoms with Gasteiger partial charge in [0, 0.05) is 31.4 Å². The zero-order valence-corrected chi connectivity index (χ0v) is 10.6. The second-order valence-corrected chi connectivity index (χ2v) is 5.69. The van der Waals surface area contributed by atoms with Crippen molar-refractivity contribution in [1.82, 2.24) is 19.8 Å². The summed E-state index contributed by atoms with van der Waals surface area (Å²) in [4.78, 5) is 0. The molecular weight excluding hydrogens is 228 g/mol. The van der Waals surface area contributed by atoms with Gasteiger partial charge in [0.25, 0.3) is 0 Å². The molecule has 0 amide bonds. The van der Waals surface area contributed by atoms with Gasteiger partial charge < -0.3 is 5.32 Å². The van der Waals surface area contributed by atoms with Crippen LogP contribution in [0.5, 0.6) is 0 Å². The highest BCUT2D eigenvalue weighted by Crippen LogP contribution is 2.09. The second kappa shape index (κ2) is 5.42. The molecule has 6 nitrogen and oxygen atoms in total. The van der Waals surface area contributed by atoms with Crippen molar-refractivity contribution in [3.05, 3.63) is 18.0 Å². The Balaban J connectivity index is 2.39. The van der Waals surface area contributed by atoms with Crippen LogP contribution in [0.1, 0.15) is 18.5 Å². The summed E-state index contributed by atoms with van der Waals surface area (Å²) >= 11 is 0. The van der Waals surface area contributed by atoms with Crippen molar-refractivity contribution in [1.29, 1.82) is 0 Å². The van der Waals surface area contributed by atoms with Crippen LogP contribution in [0.3, 0.4) is 0 Å². The van der Waals surface area contributed by atoms with Crippen molar-refractivity contribution in [2.45, 2.75) is 13.0 Å². The minimum absolute atomic E-state index is 0.0775. The lowest BCUT2D eigenvalue weighted by molar-refractivity contribution is 0.567. The van der Waals surface area contributed by atoms with Crippen molar-refractivity contribution in [2.24, 2.45) is 7.05 Å². The molecule has 0 aliphatic heterocycles. The first-order valence-corrected chi connectivity index (χ1v) is 6.73. The van der Waals surface area contributed by atoms with Crippen molar-refractivity contribution in [2.75, 3.05) is 19.3 Å². The minimum Gasteiger partial charge on any atom is -0.309 e. The van der Waals surface area contributed by atoms with Crippen LogP contribution in [0.4, 0.5) is 0 Å². The molecule has 0 aliphatic carbocycles. The van der Waals surface area contributed by atoms with Crippen molar-refractivity contribution >= 4 is 10.0 Å². The molecule has 0 aliphatic rings. The average molecular weight is 246 g/mol. The Morgan fingerprint density at radius 1 is 1.56 bits per heavy atom. The summed E-state index contributed by atoms with van der Waals surface area (Å²) in [7, 11) is 0.140. The third kappa shape index (κ3) is 3.92. The number of hydrogen-bond acceptors (Lipinski definition) is 4. The van der Waals surface area contributed by atoms with Gasteiger partial charge in [-0.15, -0.1) is 0 Å². The van der Waals surface area contributed by atoms with E-state index >= 15 is 0 Å². The molecule has 0 saturated heterocycles. The molecular formula is C9H18N4O2S.